The Morgan fingerprint density at radius 2 is 1.83 bits per heavy atom. The van der Waals surface area contributed by atoms with Gasteiger partial charge in [0.05, 0.1) is 15.7 Å². The van der Waals surface area contributed by atoms with Gasteiger partial charge in [-0.05, 0) is 45.3 Å². The van der Waals surface area contributed by atoms with E-state index in [1.807, 2.05) is 30.3 Å². The number of pyridine rings is 1. The summed E-state index contributed by atoms with van der Waals surface area (Å²) in [6.07, 6.45) is -1.60. The third kappa shape index (κ3) is 3.56. The SMILES string of the molecule is NC(=O)c1cc(C(F)(F)F)c(Br)c(-n2cnc3cccnc32)c1Cc1ccccc1. The number of benzene rings is 2. The molecule has 2 heterocycles. The van der Waals surface area contributed by atoms with Crippen molar-refractivity contribution in [2.75, 3.05) is 0 Å². The van der Waals surface area contributed by atoms with Crippen molar-refractivity contribution in [1.29, 1.82) is 0 Å². The highest BCUT2D eigenvalue weighted by atomic mass is 79.9. The molecule has 4 rings (SSSR count). The van der Waals surface area contributed by atoms with E-state index in [0.717, 1.165) is 11.6 Å². The lowest BCUT2D eigenvalue weighted by atomic mass is 9.94. The molecule has 0 saturated heterocycles. The Kier molecular flexibility index (Phi) is 5.07. The zero-order valence-corrected chi connectivity index (χ0v) is 16.9. The number of amides is 1. The van der Waals surface area contributed by atoms with Gasteiger partial charge in [-0.25, -0.2) is 9.97 Å². The maximum Gasteiger partial charge on any atom is 0.417 e. The minimum absolute atomic E-state index is 0.128. The Hall–Kier alpha value is -3.20. The molecule has 0 unspecified atom stereocenters. The van der Waals surface area contributed by atoms with Crippen LogP contribution in [0, 0.1) is 0 Å². The number of fused-ring (bicyclic) bond motifs is 1. The molecule has 0 radical (unpaired) electrons. The Morgan fingerprint density at radius 3 is 2.50 bits per heavy atom. The predicted molar refractivity (Wildman–Crippen MR) is 109 cm³/mol. The van der Waals surface area contributed by atoms with Gasteiger partial charge in [-0.3, -0.25) is 9.36 Å². The van der Waals surface area contributed by atoms with Crippen LogP contribution in [-0.2, 0) is 12.6 Å². The molecule has 0 aliphatic rings. The summed E-state index contributed by atoms with van der Waals surface area (Å²) >= 11 is 3.12. The van der Waals surface area contributed by atoms with Crippen LogP contribution in [0.1, 0.15) is 27.0 Å². The Morgan fingerprint density at radius 1 is 1.10 bits per heavy atom. The van der Waals surface area contributed by atoms with Gasteiger partial charge in [-0.15, -0.1) is 0 Å². The molecule has 9 heteroatoms. The molecule has 0 aliphatic carbocycles. The van der Waals surface area contributed by atoms with Crippen LogP contribution in [0.2, 0.25) is 0 Å². The molecule has 0 saturated carbocycles. The van der Waals surface area contributed by atoms with E-state index in [9.17, 15) is 18.0 Å². The number of imidazole rings is 1. The first-order chi connectivity index (χ1) is 14.3. The second-order valence-electron chi connectivity index (χ2n) is 6.60. The van der Waals surface area contributed by atoms with Crippen molar-refractivity contribution in [3.63, 3.8) is 0 Å². The van der Waals surface area contributed by atoms with Crippen molar-refractivity contribution in [2.24, 2.45) is 5.73 Å². The Bertz CT molecular complexity index is 1250. The Labute approximate surface area is 177 Å². The average Bonchev–Trinajstić information content (AvgIpc) is 3.11. The molecule has 2 aromatic carbocycles. The molecule has 30 heavy (non-hydrogen) atoms. The predicted octanol–water partition coefficient (Wildman–Crippen LogP) is 4.89. The quantitative estimate of drug-likeness (QED) is 0.457. The van der Waals surface area contributed by atoms with Crippen molar-refractivity contribution in [1.82, 2.24) is 14.5 Å². The van der Waals surface area contributed by atoms with E-state index in [0.29, 0.717) is 16.7 Å². The average molecular weight is 475 g/mol. The first-order valence-electron chi connectivity index (χ1n) is 8.82. The number of carbonyl (C=O) groups is 1. The summed E-state index contributed by atoms with van der Waals surface area (Å²) in [5.74, 6) is -0.947. The summed E-state index contributed by atoms with van der Waals surface area (Å²) < 4.78 is 42.5. The summed E-state index contributed by atoms with van der Waals surface area (Å²) in [7, 11) is 0. The van der Waals surface area contributed by atoms with E-state index in [2.05, 4.69) is 25.9 Å². The van der Waals surface area contributed by atoms with Gasteiger partial charge >= 0.3 is 6.18 Å². The van der Waals surface area contributed by atoms with Crippen molar-refractivity contribution >= 4 is 33.0 Å². The lowest BCUT2D eigenvalue weighted by Crippen LogP contribution is -2.20. The van der Waals surface area contributed by atoms with E-state index in [4.69, 9.17) is 5.73 Å². The van der Waals surface area contributed by atoms with Crippen molar-refractivity contribution < 1.29 is 18.0 Å². The van der Waals surface area contributed by atoms with Gasteiger partial charge in [-0.1, -0.05) is 30.3 Å². The molecular weight excluding hydrogens is 461 g/mol. The van der Waals surface area contributed by atoms with Gasteiger partial charge in [0, 0.05) is 18.2 Å². The normalized spacial score (nSPS) is 11.7. The molecule has 1 amide bonds. The van der Waals surface area contributed by atoms with Gasteiger partial charge < -0.3 is 5.73 Å². The smallest absolute Gasteiger partial charge is 0.366 e. The summed E-state index contributed by atoms with van der Waals surface area (Å²) in [4.78, 5) is 20.7. The van der Waals surface area contributed by atoms with Crippen LogP contribution < -0.4 is 5.73 Å². The Balaban J connectivity index is 2.09. The molecule has 152 valence electrons. The molecular formula is C21H14BrF3N4O. The first kappa shape index (κ1) is 20.1. The molecule has 0 fully saturated rings. The highest BCUT2D eigenvalue weighted by Crippen LogP contribution is 2.42. The van der Waals surface area contributed by atoms with Crippen molar-refractivity contribution in [2.45, 2.75) is 12.6 Å². The molecule has 2 N–H and O–H groups in total. The molecule has 0 spiro atoms. The van der Waals surface area contributed by atoms with Gasteiger partial charge in [-0.2, -0.15) is 13.2 Å². The van der Waals surface area contributed by atoms with Crippen molar-refractivity contribution in [3.05, 3.63) is 87.8 Å². The van der Waals surface area contributed by atoms with Crippen LogP contribution in [0.15, 0.2) is 65.5 Å². The van der Waals surface area contributed by atoms with Gasteiger partial charge in [0.2, 0.25) is 5.91 Å². The summed E-state index contributed by atoms with van der Waals surface area (Å²) in [5.41, 5.74) is 6.45. The highest BCUT2D eigenvalue weighted by molar-refractivity contribution is 9.10. The maximum atomic E-state index is 13.8. The minimum atomic E-state index is -4.70. The van der Waals surface area contributed by atoms with E-state index < -0.39 is 17.6 Å². The van der Waals surface area contributed by atoms with Crippen LogP contribution in [0.25, 0.3) is 16.9 Å². The fourth-order valence-corrected chi connectivity index (χ4v) is 4.12. The third-order valence-corrected chi connectivity index (χ3v) is 5.49. The molecule has 0 bridgehead atoms. The van der Waals surface area contributed by atoms with Crippen LogP contribution in [0.5, 0.6) is 0 Å². The monoisotopic (exact) mass is 474 g/mol. The largest absolute Gasteiger partial charge is 0.417 e. The van der Waals surface area contributed by atoms with Crippen LogP contribution in [0.3, 0.4) is 0 Å². The number of carbonyl (C=O) groups excluding carboxylic acids is 1. The van der Waals surface area contributed by atoms with Crippen LogP contribution in [-0.4, -0.2) is 20.4 Å². The fourth-order valence-electron chi connectivity index (χ4n) is 3.35. The van der Waals surface area contributed by atoms with Crippen LogP contribution in [0.4, 0.5) is 13.2 Å². The lowest BCUT2D eigenvalue weighted by Gasteiger charge is -2.20. The number of rotatable bonds is 4. The van der Waals surface area contributed by atoms with Gasteiger partial charge in [0.25, 0.3) is 0 Å². The summed E-state index contributed by atoms with van der Waals surface area (Å²) in [5, 5.41) is 0. The van der Waals surface area contributed by atoms with E-state index in [1.165, 1.54) is 17.1 Å². The highest BCUT2D eigenvalue weighted by Gasteiger charge is 2.37. The van der Waals surface area contributed by atoms with Gasteiger partial charge in [0.1, 0.15) is 11.8 Å². The standard InChI is InChI=1S/C21H14BrF3N4O/c22-17-15(21(23,24)25)10-14(19(26)30)13(9-12-5-2-1-3-6-12)18(17)29-11-28-16-7-4-8-27-20(16)29/h1-8,10-11H,9H2,(H2,26,30). The topological polar surface area (TPSA) is 73.8 Å². The first-order valence-corrected chi connectivity index (χ1v) is 9.61. The number of halogens is 4. The number of hydrogen-bond donors (Lipinski definition) is 1. The molecule has 0 atom stereocenters. The lowest BCUT2D eigenvalue weighted by molar-refractivity contribution is -0.138. The maximum absolute atomic E-state index is 13.8. The number of nitrogens with zero attached hydrogens (tertiary/aromatic N) is 3. The third-order valence-electron chi connectivity index (χ3n) is 4.69. The second-order valence-corrected chi connectivity index (χ2v) is 7.39. The molecule has 4 aromatic rings. The zero-order valence-electron chi connectivity index (χ0n) is 15.3. The summed E-state index contributed by atoms with van der Waals surface area (Å²) in [6.45, 7) is 0. The zero-order chi connectivity index (χ0) is 21.5. The number of hydrogen-bond acceptors (Lipinski definition) is 3. The summed E-state index contributed by atoms with van der Waals surface area (Å²) in [6, 6.07) is 13.3. The second kappa shape index (κ2) is 7.56. The van der Waals surface area contributed by atoms with Crippen molar-refractivity contribution in [3.8, 4) is 5.69 Å². The minimum Gasteiger partial charge on any atom is -0.366 e. The fraction of sp³-hybridized carbons (Fsp3) is 0.0952. The van der Waals surface area contributed by atoms with E-state index in [1.54, 1.807) is 12.1 Å². The molecule has 5 nitrogen and oxygen atoms in total. The number of nitrogens with two attached hydrogens (primary N) is 1. The number of primary amides is 1. The number of aromatic nitrogens is 3. The molecule has 2 aromatic heterocycles. The number of alkyl halides is 3. The van der Waals surface area contributed by atoms with E-state index >= 15 is 0 Å². The van der Waals surface area contributed by atoms with E-state index in [-0.39, 0.29) is 22.1 Å². The van der Waals surface area contributed by atoms with Gasteiger partial charge in [0.15, 0.2) is 5.65 Å². The molecule has 0 aliphatic heterocycles. The van der Waals surface area contributed by atoms with Crippen LogP contribution >= 0.6 is 15.9 Å².